The van der Waals surface area contributed by atoms with E-state index in [1.54, 1.807) is 7.11 Å². The largest absolute Gasteiger partial charge is 0.496 e. The van der Waals surface area contributed by atoms with E-state index in [1.165, 1.54) is 0 Å². The molecule has 0 bridgehead atoms. The van der Waals surface area contributed by atoms with Crippen LogP contribution in [-0.4, -0.2) is 19.1 Å². The summed E-state index contributed by atoms with van der Waals surface area (Å²) in [6.07, 6.45) is 1.60. The van der Waals surface area contributed by atoms with Crippen LogP contribution >= 0.6 is 0 Å². The summed E-state index contributed by atoms with van der Waals surface area (Å²) in [5.74, 6) is 0.746. The van der Waals surface area contributed by atoms with Crippen molar-refractivity contribution in [1.29, 1.82) is 0 Å². The minimum atomic E-state index is -0.440. The third kappa shape index (κ3) is 4.36. The fourth-order valence-electron chi connectivity index (χ4n) is 2.68. The van der Waals surface area contributed by atoms with Crippen molar-refractivity contribution in [2.45, 2.75) is 38.8 Å². The number of ether oxygens (including phenoxy) is 1. The van der Waals surface area contributed by atoms with Crippen LogP contribution in [0.2, 0.25) is 0 Å². The Balaban J connectivity index is 2.10. The van der Waals surface area contributed by atoms with Crippen LogP contribution in [-0.2, 0) is 4.79 Å². The van der Waals surface area contributed by atoms with Crippen LogP contribution in [0.4, 0.5) is 0 Å². The highest BCUT2D eigenvalue weighted by Gasteiger charge is 2.16. The zero-order valence-corrected chi connectivity index (χ0v) is 14.6. The van der Waals surface area contributed by atoms with Gasteiger partial charge in [0.15, 0.2) is 0 Å². The first kappa shape index (κ1) is 18.0. The molecular formula is C20H26N2O2. The lowest BCUT2D eigenvalue weighted by Gasteiger charge is -2.18. The van der Waals surface area contributed by atoms with E-state index in [1.807, 2.05) is 62.4 Å². The van der Waals surface area contributed by atoms with E-state index in [4.69, 9.17) is 10.5 Å². The summed E-state index contributed by atoms with van der Waals surface area (Å²) >= 11 is 0. The van der Waals surface area contributed by atoms with Crippen LogP contribution in [0, 0.1) is 0 Å². The highest BCUT2D eigenvalue weighted by atomic mass is 16.5. The van der Waals surface area contributed by atoms with E-state index in [2.05, 4.69) is 5.32 Å². The number of hydrogen-bond donors (Lipinski definition) is 2. The third-order valence-electron chi connectivity index (χ3n) is 4.12. The van der Waals surface area contributed by atoms with Crippen LogP contribution in [0.3, 0.4) is 0 Å². The maximum Gasteiger partial charge on any atom is 0.237 e. The van der Waals surface area contributed by atoms with Gasteiger partial charge in [-0.25, -0.2) is 0 Å². The molecule has 0 saturated heterocycles. The number of amides is 1. The predicted octanol–water partition coefficient (Wildman–Crippen LogP) is 3.67. The molecule has 0 aliphatic carbocycles. The van der Waals surface area contributed by atoms with Crippen LogP contribution in [0.1, 0.15) is 38.3 Å². The number of benzene rings is 2. The number of methoxy groups -OCH3 is 1. The van der Waals surface area contributed by atoms with Gasteiger partial charge in [-0.2, -0.15) is 0 Å². The van der Waals surface area contributed by atoms with Crippen molar-refractivity contribution >= 4 is 5.91 Å². The van der Waals surface area contributed by atoms with Crippen molar-refractivity contribution in [1.82, 2.24) is 5.32 Å². The summed E-state index contributed by atoms with van der Waals surface area (Å²) in [5.41, 5.74) is 9.04. The number of carbonyl (C=O) groups is 1. The molecule has 0 saturated carbocycles. The zero-order chi connectivity index (χ0) is 17.5. The van der Waals surface area contributed by atoms with Crippen molar-refractivity contribution in [2.75, 3.05) is 7.11 Å². The second-order valence-electron chi connectivity index (χ2n) is 5.95. The SMILES string of the molecule is CCCC(N)C(=O)NC(C)c1ccc(-c2ccccc2OC)cc1. The van der Waals surface area contributed by atoms with Crippen LogP contribution < -0.4 is 15.8 Å². The number of nitrogens with two attached hydrogens (primary N) is 1. The van der Waals surface area contributed by atoms with Crippen molar-refractivity contribution < 1.29 is 9.53 Å². The Hall–Kier alpha value is -2.33. The molecule has 0 aliphatic rings. The van der Waals surface area contributed by atoms with Gasteiger partial charge in [0.2, 0.25) is 5.91 Å². The highest BCUT2D eigenvalue weighted by molar-refractivity contribution is 5.81. The normalized spacial score (nSPS) is 13.2. The Morgan fingerprint density at radius 2 is 1.83 bits per heavy atom. The Kier molecular flexibility index (Phi) is 6.38. The van der Waals surface area contributed by atoms with E-state index in [0.29, 0.717) is 6.42 Å². The Labute approximate surface area is 144 Å². The van der Waals surface area contributed by atoms with E-state index in [9.17, 15) is 4.79 Å². The van der Waals surface area contributed by atoms with Gasteiger partial charge in [-0.05, 0) is 30.5 Å². The Morgan fingerprint density at radius 1 is 1.17 bits per heavy atom. The standard InChI is InChI=1S/C20H26N2O2/c1-4-7-18(21)20(23)22-14(2)15-10-12-16(13-11-15)17-8-5-6-9-19(17)24-3/h5-6,8-14,18H,4,7,21H2,1-3H3,(H,22,23). The molecule has 4 heteroatoms. The summed E-state index contributed by atoms with van der Waals surface area (Å²) in [6.45, 7) is 3.99. The van der Waals surface area contributed by atoms with Gasteiger partial charge in [0, 0.05) is 5.56 Å². The summed E-state index contributed by atoms with van der Waals surface area (Å²) < 4.78 is 5.41. The van der Waals surface area contributed by atoms with Crippen LogP contribution in [0.5, 0.6) is 5.75 Å². The fraction of sp³-hybridized carbons (Fsp3) is 0.350. The van der Waals surface area contributed by atoms with Gasteiger partial charge < -0.3 is 15.8 Å². The van der Waals surface area contributed by atoms with E-state index in [-0.39, 0.29) is 11.9 Å². The summed E-state index contributed by atoms with van der Waals surface area (Å²) in [4.78, 5) is 12.0. The molecular weight excluding hydrogens is 300 g/mol. The minimum Gasteiger partial charge on any atom is -0.496 e. The van der Waals surface area contributed by atoms with Gasteiger partial charge in [-0.15, -0.1) is 0 Å². The predicted molar refractivity (Wildman–Crippen MR) is 97.9 cm³/mol. The second kappa shape index (κ2) is 8.50. The highest BCUT2D eigenvalue weighted by Crippen LogP contribution is 2.30. The van der Waals surface area contributed by atoms with E-state index >= 15 is 0 Å². The lowest BCUT2D eigenvalue weighted by Crippen LogP contribution is -2.41. The lowest BCUT2D eigenvalue weighted by molar-refractivity contribution is -0.123. The number of para-hydroxylation sites is 1. The van der Waals surface area contributed by atoms with Gasteiger partial charge in [0.05, 0.1) is 19.2 Å². The maximum atomic E-state index is 12.0. The molecule has 3 N–H and O–H groups in total. The van der Waals surface area contributed by atoms with Gasteiger partial charge in [0.1, 0.15) is 5.75 Å². The second-order valence-corrected chi connectivity index (χ2v) is 5.95. The Bertz CT molecular complexity index is 668. The average molecular weight is 326 g/mol. The third-order valence-corrected chi connectivity index (χ3v) is 4.12. The molecule has 2 rings (SSSR count). The number of hydrogen-bond acceptors (Lipinski definition) is 3. The topological polar surface area (TPSA) is 64.4 Å². The van der Waals surface area contributed by atoms with Crippen LogP contribution in [0.15, 0.2) is 48.5 Å². The number of nitrogens with one attached hydrogen (secondary N) is 1. The first-order valence-electron chi connectivity index (χ1n) is 8.36. The lowest BCUT2D eigenvalue weighted by atomic mass is 10.0. The summed E-state index contributed by atoms with van der Waals surface area (Å²) in [6, 6.07) is 15.5. The Morgan fingerprint density at radius 3 is 2.46 bits per heavy atom. The quantitative estimate of drug-likeness (QED) is 0.816. The van der Waals surface area contributed by atoms with Gasteiger partial charge in [0.25, 0.3) is 0 Å². The molecule has 0 aromatic heterocycles. The number of rotatable bonds is 7. The molecule has 0 spiro atoms. The van der Waals surface area contributed by atoms with Gasteiger partial charge in [-0.1, -0.05) is 55.8 Å². The monoisotopic (exact) mass is 326 g/mol. The maximum absolute atomic E-state index is 12.0. The van der Waals surface area contributed by atoms with Crippen molar-refractivity contribution in [3.63, 3.8) is 0 Å². The molecule has 2 aromatic rings. The molecule has 24 heavy (non-hydrogen) atoms. The molecule has 2 unspecified atom stereocenters. The van der Waals surface area contributed by atoms with Crippen molar-refractivity contribution in [3.05, 3.63) is 54.1 Å². The molecule has 0 radical (unpaired) electrons. The summed E-state index contributed by atoms with van der Waals surface area (Å²) in [7, 11) is 1.67. The van der Waals surface area contributed by atoms with Crippen molar-refractivity contribution in [2.24, 2.45) is 5.73 Å². The average Bonchev–Trinajstić information content (AvgIpc) is 2.62. The van der Waals surface area contributed by atoms with Crippen molar-refractivity contribution in [3.8, 4) is 16.9 Å². The molecule has 4 nitrogen and oxygen atoms in total. The van der Waals surface area contributed by atoms with E-state index < -0.39 is 6.04 Å². The first-order chi connectivity index (χ1) is 11.6. The minimum absolute atomic E-state index is 0.0767. The summed E-state index contributed by atoms with van der Waals surface area (Å²) in [5, 5.41) is 2.97. The number of carbonyl (C=O) groups excluding carboxylic acids is 1. The van der Waals surface area contributed by atoms with Gasteiger partial charge in [-0.3, -0.25) is 4.79 Å². The molecule has 2 atom stereocenters. The molecule has 128 valence electrons. The van der Waals surface area contributed by atoms with E-state index in [0.717, 1.165) is 28.9 Å². The molecule has 1 amide bonds. The fourth-order valence-corrected chi connectivity index (χ4v) is 2.68. The molecule has 0 aliphatic heterocycles. The molecule has 0 heterocycles. The molecule has 0 fully saturated rings. The zero-order valence-electron chi connectivity index (χ0n) is 14.6. The smallest absolute Gasteiger partial charge is 0.237 e. The van der Waals surface area contributed by atoms with Gasteiger partial charge >= 0.3 is 0 Å². The van der Waals surface area contributed by atoms with Crippen LogP contribution in [0.25, 0.3) is 11.1 Å². The first-order valence-corrected chi connectivity index (χ1v) is 8.36. The molecule has 2 aromatic carbocycles.